The minimum absolute atomic E-state index is 0.140. The molecule has 0 radical (unpaired) electrons. The van der Waals surface area contributed by atoms with E-state index in [4.69, 9.17) is 9.47 Å². The van der Waals surface area contributed by atoms with Crippen LogP contribution in [0.25, 0.3) is 0 Å². The number of amides is 2. The molecule has 1 heterocycles. The number of nitrogens with one attached hydrogen (secondary N) is 1. The molecular formula is C14H24N4O4S. The number of aryl methyl sites for hydroxylation is 1. The van der Waals surface area contributed by atoms with Crippen molar-refractivity contribution in [1.82, 2.24) is 15.1 Å². The van der Waals surface area contributed by atoms with Crippen LogP contribution in [0.15, 0.2) is 0 Å². The fourth-order valence-corrected chi connectivity index (χ4v) is 2.24. The van der Waals surface area contributed by atoms with Crippen LogP contribution in [0.3, 0.4) is 0 Å². The Labute approximate surface area is 140 Å². The maximum Gasteiger partial charge on any atom is 0.410 e. The molecule has 0 saturated carbocycles. The lowest BCUT2D eigenvalue weighted by Gasteiger charge is -2.26. The Bertz CT molecular complexity index is 527. The zero-order valence-electron chi connectivity index (χ0n) is 14.2. The molecule has 8 nitrogen and oxygen atoms in total. The van der Waals surface area contributed by atoms with Crippen molar-refractivity contribution in [2.75, 3.05) is 32.1 Å². The van der Waals surface area contributed by atoms with Crippen molar-refractivity contribution in [3.05, 3.63) is 5.01 Å². The fraction of sp³-hybridized carbons (Fsp3) is 0.714. The summed E-state index contributed by atoms with van der Waals surface area (Å²) in [7, 11) is 1.53. The largest absolute Gasteiger partial charge is 0.444 e. The highest BCUT2D eigenvalue weighted by Gasteiger charge is 2.24. The molecule has 0 aliphatic carbocycles. The van der Waals surface area contributed by atoms with Gasteiger partial charge < -0.3 is 9.47 Å². The van der Waals surface area contributed by atoms with Crippen LogP contribution in [-0.2, 0) is 20.7 Å². The lowest BCUT2D eigenvalue weighted by atomic mass is 10.2. The zero-order valence-corrected chi connectivity index (χ0v) is 15.0. The van der Waals surface area contributed by atoms with Crippen LogP contribution in [0.5, 0.6) is 0 Å². The summed E-state index contributed by atoms with van der Waals surface area (Å²) < 4.78 is 10.3. The second kappa shape index (κ2) is 8.78. The second-order valence-electron chi connectivity index (χ2n) is 5.80. The number of ether oxygens (including phenoxy) is 2. The highest BCUT2D eigenvalue weighted by Crippen LogP contribution is 2.15. The topological polar surface area (TPSA) is 93.7 Å². The SMILES string of the molecule is CCc1nnc(NC(=O)CN(CCOC)C(=O)OC(C)(C)C)s1. The minimum atomic E-state index is -0.631. The average molecular weight is 344 g/mol. The maximum atomic E-state index is 12.1. The van der Waals surface area contributed by atoms with E-state index in [1.54, 1.807) is 20.8 Å². The first kappa shape index (κ1) is 19.3. The predicted octanol–water partition coefficient (Wildman–Crippen LogP) is 1.92. The van der Waals surface area contributed by atoms with E-state index >= 15 is 0 Å². The number of methoxy groups -OCH3 is 1. The van der Waals surface area contributed by atoms with Crippen molar-refractivity contribution in [3.8, 4) is 0 Å². The molecule has 0 saturated heterocycles. The van der Waals surface area contributed by atoms with Crippen molar-refractivity contribution in [1.29, 1.82) is 0 Å². The van der Waals surface area contributed by atoms with Gasteiger partial charge in [0, 0.05) is 13.7 Å². The molecule has 2 amide bonds. The van der Waals surface area contributed by atoms with E-state index in [2.05, 4.69) is 15.5 Å². The molecule has 1 aromatic heterocycles. The van der Waals surface area contributed by atoms with Gasteiger partial charge in [-0.15, -0.1) is 10.2 Å². The molecule has 1 N–H and O–H groups in total. The fourth-order valence-electron chi connectivity index (χ4n) is 1.54. The van der Waals surface area contributed by atoms with Gasteiger partial charge in [0.15, 0.2) is 0 Å². The first-order valence-corrected chi connectivity index (χ1v) is 8.16. The molecule has 9 heteroatoms. The van der Waals surface area contributed by atoms with Gasteiger partial charge in [0.25, 0.3) is 0 Å². The third kappa shape index (κ3) is 7.38. The summed E-state index contributed by atoms with van der Waals surface area (Å²) in [5.74, 6) is -0.356. The van der Waals surface area contributed by atoms with Gasteiger partial charge in [0.2, 0.25) is 11.0 Å². The van der Waals surface area contributed by atoms with Crippen molar-refractivity contribution < 1.29 is 19.1 Å². The van der Waals surface area contributed by atoms with Crippen LogP contribution in [0.2, 0.25) is 0 Å². The van der Waals surface area contributed by atoms with Crippen molar-refractivity contribution in [2.24, 2.45) is 0 Å². The van der Waals surface area contributed by atoms with E-state index in [1.807, 2.05) is 6.92 Å². The molecule has 0 unspecified atom stereocenters. The number of hydrogen-bond acceptors (Lipinski definition) is 7. The number of hydrogen-bond donors (Lipinski definition) is 1. The van der Waals surface area contributed by atoms with Gasteiger partial charge in [0.1, 0.15) is 17.2 Å². The first-order valence-electron chi connectivity index (χ1n) is 7.34. The van der Waals surface area contributed by atoms with Crippen LogP contribution in [-0.4, -0.2) is 59.5 Å². The summed E-state index contributed by atoms with van der Waals surface area (Å²) in [4.78, 5) is 25.5. The van der Waals surface area contributed by atoms with Crippen molar-refractivity contribution in [3.63, 3.8) is 0 Å². The summed E-state index contributed by atoms with van der Waals surface area (Å²) in [5.41, 5.74) is -0.631. The Morgan fingerprint density at radius 3 is 2.52 bits per heavy atom. The van der Waals surface area contributed by atoms with Gasteiger partial charge in [-0.1, -0.05) is 18.3 Å². The Hall–Kier alpha value is -1.74. The Kier molecular flexibility index (Phi) is 7.37. The summed E-state index contributed by atoms with van der Waals surface area (Å²) in [6.45, 7) is 7.70. The second-order valence-corrected chi connectivity index (χ2v) is 6.86. The Morgan fingerprint density at radius 1 is 1.30 bits per heavy atom. The average Bonchev–Trinajstić information content (AvgIpc) is 2.89. The van der Waals surface area contributed by atoms with Crippen LogP contribution in [0.4, 0.5) is 9.93 Å². The van der Waals surface area contributed by atoms with Gasteiger partial charge in [-0.05, 0) is 27.2 Å². The molecule has 0 spiro atoms. The normalized spacial score (nSPS) is 11.2. The highest BCUT2D eigenvalue weighted by atomic mass is 32.1. The molecule has 23 heavy (non-hydrogen) atoms. The van der Waals surface area contributed by atoms with E-state index in [0.717, 1.165) is 11.4 Å². The molecule has 0 aromatic carbocycles. The van der Waals surface area contributed by atoms with Gasteiger partial charge in [-0.25, -0.2) is 4.79 Å². The number of carbonyl (C=O) groups is 2. The van der Waals surface area contributed by atoms with E-state index in [-0.39, 0.29) is 19.0 Å². The molecular weight excluding hydrogens is 320 g/mol. The lowest BCUT2D eigenvalue weighted by molar-refractivity contribution is -0.117. The third-order valence-corrected chi connectivity index (χ3v) is 3.55. The van der Waals surface area contributed by atoms with Crippen molar-refractivity contribution >= 4 is 28.5 Å². The third-order valence-electron chi connectivity index (χ3n) is 2.57. The molecule has 0 atom stereocenters. The number of nitrogens with zero attached hydrogens (tertiary/aromatic N) is 3. The number of carbonyl (C=O) groups excluding carboxylic acids is 2. The van der Waals surface area contributed by atoms with E-state index in [1.165, 1.54) is 23.3 Å². The number of aromatic nitrogens is 2. The molecule has 1 rings (SSSR count). The minimum Gasteiger partial charge on any atom is -0.444 e. The van der Waals surface area contributed by atoms with Gasteiger partial charge >= 0.3 is 6.09 Å². The molecule has 0 aliphatic heterocycles. The lowest BCUT2D eigenvalue weighted by Crippen LogP contribution is -2.42. The van der Waals surface area contributed by atoms with Crippen LogP contribution >= 0.6 is 11.3 Å². The summed E-state index contributed by atoms with van der Waals surface area (Å²) >= 11 is 1.31. The van der Waals surface area contributed by atoms with Crippen molar-refractivity contribution in [2.45, 2.75) is 39.7 Å². The zero-order chi connectivity index (χ0) is 17.5. The van der Waals surface area contributed by atoms with E-state index in [9.17, 15) is 9.59 Å². The van der Waals surface area contributed by atoms with Gasteiger partial charge in [-0.2, -0.15) is 0 Å². The molecule has 0 bridgehead atoms. The maximum absolute atomic E-state index is 12.1. The predicted molar refractivity (Wildman–Crippen MR) is 87.6 cm³/mol. The Morgan fingerprint density at radius 2 is 2.00 bits per heavy atom. The van der Waals surface area contributed by atoms with Gasteiger partial charge in [0.05, 0.1) is 6.61 Å². The molecule has 0 aliphatic rings. The molecule has 130 valence electrons. The molecule has 0 fully saturated rings. The smallest absolute Gasteiger partial charge is 0.410 e. The van der Waals surface area contributed by atoms with Crippen LogP contribution in [0, 0.1) is 0 Å². The first-order chi connectivity index (χ1) is 10.7. The van der Waals surface area contributed by atoms with Crippen LogP contribution in [0.1, 0.15) is 32.7 Å². The highest BCUT2D eigenvalue weighted by molar-refractivity contribution is 7.15. The standard InChI is InChI=1S/C14H24N4O4S/c1-6-11-16-17-12(23-11)15-10(19)9-18(7-8-21-5)13(20)22-14(2,3)4/h6-9H2,1-5H3,(H,15,17,19). The summed E-state index contributed by atoms with van der Waals surface area (Å²) in [5, 5.41) is 11.7. The van der Waals surface area contributed by atoms with Gasteiger partial charge in [-0.3, -0.25) is 15.0 Å². The van der Waals surface area contributed by atoms with E-state index in [0.29, 0.717) is 11.7 Å². The quantitative estimate of drug-likeness (QED) is 0.812. The number of rotatable bonds is 7. The van der Waals surface area contributed by atoms with Crippen LogP contribution < -0.4 is 5.32 Å². The summed E-state index contributed by atoms with van der Waals surface area (Å²) in [6.07, 6.45) is 0.196. The monoisotopic (exact) mass is 344 g/mol. The van der Waals surface area contributed by atoms with E-state index < -0.39 is 11.7 Å². The Balaban J connectivity index is 2.64. The molecule has 1 aromatic rings. The number of anilines is 1. The summed E-state index contributed by atoms with van der Waals surface area (Å²) in [6, 6.07) is 0.